The van der Waals surface area contributed by atoms with Crippen LogP contribution in [0.3, 0.4) is 0 Å². The molecule has 30 heavy (non-hydrogen) atoms. The SMILES string of the molecule is CCCC[NH-].CCCC[NH-].CCCC[NH-].F[C](F)(F)[GeH]([c-]1cccc1)[C](F)(F)F.[Zr+4]. The molecule has 3 nitrogen and oxygen atoms in total. The molecule has 0 heterocycles. The summed E-state index contributed by atoms with van der Waals surface area (Å²) in [6.45, 7) is 8.06. The van der Waals surface area contributed by atoms with Crippen LogP contribution in [0.1, 0.15) is 59.3 Å². The quantitative estimate of drug-likeness (QED) is 0.181. The predicted octanol–water partition coefficient (Wildman–Crippen LogP) is 7.56. The molecule has 3 N–H and O–H groups in total. The van der Waals surface area contributed by atoms with Gasteiger partial charge in [-0.3, -0.25) is 0 Å². The maximum Gasteiger partial charge on any atom is 4.00 e. The Bertz CT molecular complexity index is 395. The van der Waals surface area contributed by atoms with Crippen molar-refractivity contribution in [2.75, 3.05) is 19.6 Å². The molecule has 0 saturated heterocycles. The van der Waals surface area contributed by atoms with Crippen molar-refractivity contribution in [3.8, 4) is 0 Å². The minimum absolute atomic E-state index is 0. The van der Waals surface area contributed by atoms with Crippen LogP contribution in [0, 0.1) is 0 Å². The van der Waals surface area contributed by atoms with Gasteiger partial charge in [-0.2, -0.15) is 19.6 Å². The van der Waals surface area contributed by atoms with Gasteiger partial charge in [0.15, 0.2) is 0 Å². The third-order valence-corrected chi connectivity index (χ3v) is 8.22. The summed E-state index contributed by atoms with van der Waals surface area (Å²) in [6.07, 6.45) is 6.64. The van der Waals surface area contributed by atoms with Crippen molar-refractivity contribution in [2.24, 2.45) is 0 Å². The molecule has 0 spiro atoms. The molecule has 0 unspecified atom stereocenters. The van der Waals surface area contributed by atoms with Gasteiger partial charge >= 0.3 is 106 Å². The van der Waals surface area contributed by atoms with Gasteiger partial charge in [-0.1, -0.05) is 59.3 Å². The van der Waals surface area contributed by atoms with Gasteiger partial charge in [-0.05, 0) is 0 Å². The van der Waals surface area contributed by atoms with E-state index in [1.165, 1.54) is 12.1 Å². The summed E-state index contributed by atoms with van der Waals surface area (Å²) in [5.41, 5.74) is 19.8. The molecule has 176 valence electrons. The number of hydrogen-bond donors (Lipinski definition) is 0. The summed E-state index contributed by atoms with van der Waals surface area (Å²) in [5, 5.41) is -10.2. The monoisotopic (exact) mass is 583 g/mol. The van der Waals surface area contributed by atoms with Crippen molar-refractivity contribution < 1.29 is 52.5 Å². The molecule has 0 saturated carbocycles. The van der Waals surface area contributed by atoms with Crippen LogP contribution in [0.5, 0.6) is 0 Å². The number of rotatable bonds is 7. The summed E-state index contributed by atoms with van der Waals surface area (Å²) in [6, 6.07) is 4.16. The zero-order valence-corrected chi connectivity index (χ0v) is 22.9. The van der Waals surface area contributed by atoms with Crippen LogP contribution in [0.4, 0.5) is 26.3 Å². The Balaban J connectivity index is -0.000000176. The molecule has 1 aromatic rings. The Labute approximate surface area is 201 Å². The van der Waals surface area contributed by atoms with Crippen LogP contribution in [0.15, 0.2) is 24.3 Å². The summed E-state index contributed by atoms with van der Waals surface area (Å²) in [4.78, 5) is 0. The molecular weight excluding hydrogens is 548 g/mol. The minimum atomic E-state index is -5.46. The fourth-order valence-corrected chi connectivity index (χ4v) is 5.31. The van der Waals surface area contributed by atoms with Crippen LogP contribution in [-0.4, -0.2) is 44.0 Å². The Hall–Kier alpha value is 0.236. The van der Waals surface area contributed by atoms with E-state index in [0.717, 1.165) is 50.7 Å². The molecule has 0 atom stereocenters. The molecule has 0 aliphatic carbocycles. The Morgan fingerprint density at radius 3 is 1.07 bits per heavy atom. The average molecular weight is 583 g/mol. The average Bonchev–Trinajstić information content (AvgIpc) is 3.10. The van der Waals surface area contributed by atoms with E-state index >= 15 is 0 Å². The zero-order valence-electron chi connectivity index (χ0n) is 18.0. The Morgan fingerprint density at radius 2 is 0.933 bits per heavy atom. The zero-order chi connectivity index (χ0) is 23.3. The van der Waals surface area contributed by atoms with Crippen LogP contribution in [0.2, 0.25) is 0 Å². The smallest absolute Gasteiger partial charge is 4.00 e. The van der Waals surface area contributed by atoms with E-state index in [0.29, 0.717) is 19.6 Å². The first-order valence-electron chi connectivity index (χ1n) is 9.76. The van der Waals surface area contributed by atoms with E-state index in [1.807, 2.05) is 0 Å². The second kappa shape index (κ2) is 23.9. The van der Waals surface area contributed by atoms with Gasteiger partial charge in [0, 0.05) is 0 Å². The van der Waals surface area contributed by atoms with Gasteiger partial charge < -0.3 is 17.2 Å². The molecule has 0 aliphatic rings. The van der Waals surface area contributed by atoms with Crippen molar-refractivity contribution in [1.82, 2.24) is 0 Å². The first kappa shape index (κ1) is 37.5. The Morgan fingerprint density at radius 1 is 0.667 bits per heavy atom. The van der Waals surface area contributed by atoms with Gasteiger partial charge in [0.2, 0.25) is 0 Å². The van der Waals surface area contributed by atoms with Gasteiger partial charge in [0.25, 0.3) is 0 Å². The maximum atomic E-state index is 12.1. The summed E-state index contributed by atoms with van der Waals surface area (Å²) < 4.78 is 72.3. The van der Waals surface area contributed by atoms with Crippen molar-refractivity contribution in [1.29, 1.82) is 0 Å². The fourth-order valence-electron chi connectivity index (χ4n) is 1.68. The van der Waals surface area contributed by atoms with Crippen LogP contribution >= 0.6 is 0 Å². The maximum absolute atomic E-state index is 12.1. The molecule has 0 fully saturated rings. The van der Waals surface area contributed by atoms with E-state index in [4.69, 9.17) is 17.2 Å². The minimum Gasteiger partial charge on any atom is 4.00 e. The number of hydrogen-bond acceptors (Lipinski definition) is 0. The van der Waals surface area contributed by atoms with E-state index < -0.39 is 28.8 Å². The van der Waals surface area contributed by atoms with E-state index in [2.05, 4.69) is 20.8 Å². The van der Waals surface area contributed by atoms with Crippen LogP contribution in [-0.2, 0) is 26.2 Å². The topological polar surface area (TPSA) is 71.4 Å². The molecular formula is C19H35F6GeN3Zr. The first-order valence-corrected chi connectivity index (χ1v) is 13.4. The van der Waals surface area contributed by atoms with Gasteiger partial charge in [0.1, 0.15) is 0 Å². The summed E-state index contributed by atoms with van der Waals surface area (Å²) in [7, 11) is 0. The van der Waals surface area contributed by atoms with Crippen molar-refractivity contribution in [3.63, 3.8) is 0 Å². The largest absolute Gasteiger partial charge is 4.00 e. The van der Waals surface area contributed by atoms with Crippen LogP contribution in [0.25, 0.3) is 17.2 Å². The summed E-state index contributed by atoms with van der Waals surface area (Å²) in [5.74, 6) is 0. The van der Waals surface area contributed by atoms with Gasteiger partial charge in [-0.15, -0.1) is 0 Å². The van der Waals surface area contributed by atoms with Crippen molar-refractivity contribution >= 4 is 18.7 Å². The second-order valence-electron chi connectivity index (χ2n) is 6.05. The number of nitrogens with one attached hydrogen (secondary N) is 3. The van der Waals surface area contributed by atoms with E-state index in [-0.39, 0.29) is 26.2 Å². The third kappa shape index (κ3) is 24.5. The fraction of sp³-hybridized carbons (Fsp3) is 0.737. The normalized spacial score (nSPS) is 10.6. The van der Waals surface area contributed by atoms with Gasteiger partial charge in [0.05, 0.1) is 0 Å². The Kier molecular flexibility index (Phi) is 29.9. The molecule has 1 rings (SSSR count). The number of alkyl halides is 6. The summed E-state index contributed by atoms with van der Waals surface area (Å²) >= 11 is -5.46. The molecule has 0 amide bonds. The standard InChI is InChI=1S/C7H5F6Ge.3C4H10N.Zr/c8-6(9,10)14(7(11,12)13)5-3-1-2-4-5;3*1-2-3-4-5;/h1-4,14H;3*5H,2-4H2,1H3;/q4*-1;+4. The molecule has 0 aromatic heterocycles. The van der Waals surface area contributed by atoms with Crippen molar-refractivity contribution in [3.05, 3.63) is 41.5 Å². The molecule has 0 bridgehead atoms. The molecule has 0 radical (unpaired) electrons. The van der Waals surface area contributed by atoms with E-state index in [9.17, 15) is 26.3 Å². The van der Waals surface area contributed by atoms with Crippen molar-refractivity contribution in [2.45, 2.75) is 69.3 Å². The predicted molar refractivity (Wildman–Crippen MR) is 113 cm³/mol. The number of unbranched alkanes of at least 4 members (excludes halogenated alkanes) is 3. The van der Waals surface area contributed by atoms with Crippen LogP contribution < -0.4 is 4.40 Å². The first-order chi connectivity index (χ1) is 13.5. The second-order valence-corrected chi connectivity index (χ2v) is 12.0. The molecule has 11 heteroatoms. The molecule has 0 aliphatic heterocycles. The third-order valence-electron chi connectivity index (χ3n) is 3.27. The number of halogens is 6. The van der Waals surface area contributed by atoms with E-state index in [1.54, 1.807) is 0 Å². The molecule has 1 aromatic carbocycles. The van der Waals surface area contributed by atoms with Gasteiger partial charge in [-0.25, -0.2) is 0 Å².